The van der Waals surface area contributed by atoms with Crippen molar-refractivity contribution in [2.45, 2.75) is 31.4 Å². The molecule has 0 fully saturated rings. The molecule has 2 aromatic rings. The predicted molar refractivity (Wildman–Crippen MR) is 87.3 cm³/mol. The first-order valence-electron chi connectivity index (χ1n) is 6.81. The number of halogens is 1. The van der Waals surface area contributed by atoms with E-state index in [2.05, 4.69) is 45.4 Å². The van der Waals surface area contributed by atoms with Gasteiger partial charge in [0.15, 0.2) is 0 Å². The van der Waals surface area contributed by atoms with E-state index >= 15 is 0 Å². The molecule has 8 heteroatoms. The Kier molecular flexibility index (Phi) is 5.41. The van der Waals surface area contributed by atoms with Gasteiger partial charge in [-0.1, -0.05) is 13.8 Å². The molecule has 0 radical (unpaired) electrons. The van der Waals surface area contributed by atoms with Crippen LogP contribution >= 0.6 is 23.4 Å². The van der Waals surface area contributed by atoms with Crippen LogP contribution in [-0.2, 0) is 0 Å². The number of nitrogens with one attached hydrogen (secondary N) is 1. The molecule has 1 N–H and O–H groups in total. The summed E-state index contributed by atoms with van der Waals surface area (Å²) in [5.41, 5.74) is 0. The summed E-state index contributed by atoms with van der Waals surface area (Å²) in [6.45, 7) is 5.17. The number of hydrogen-bond donors (Lipinski definition) is 1. The quantitative estimate of drug-likeness (QED) is 0.843. The second kappa shape index (κ2) is 7.09. The highest BCUT2D eigenvalue weighted by atomic mass is 35.5. The van der Waals surface area contributed by atoms with Crippen LogP contribution in [0.2, 0.25) is 5.28 Å². The summed E-state index contributed by atoms with van der Waals surface area (Å²) in [5, 5.41) is 3.45. The number of anilines is 1. The number of rotatable bonds is 7. The molecule has 0 saturated carbocycles. The zero-order chi connectivity index (χ0) is 15.3. The van der Waals surface area contributed by atoms with Gasteiger partial charge in [0, 0.05) is 23.7 Å². The minimum atomic E-state index is 0.166. The Hall–Kier alpha value is -1.34. The molecule has 2 aromatic heterocycles. The molecule has 0 aliphatic heterocycles. The molecule has 0 aliphatic carbocycles. The van der Waals surface area contributed by atoms with Crippen molar-refractivity contribution >= 4 is 29.3 Å². The van der Waals surface area contributed by atoms with Crippen LogP contribution in [0.15, 0.2) is 18.7 Å². The van der Waals surface area contributed by atoms with Crippen molar-refractivity contribution in [2.24, 2.45) is 0 Å². The highest BCUT2D eigenvalue weighted by molar-refractivity contribution is 8.00. The third kappa shape index (κ3) is 3.85. The van der Waals surface area contributed by atoms with Crippen molar-refractivity contribution in [3.05, 3.63) is 24.0 Å². The normalized spacial score (nSPS) is 11.6. The highest BCUT2D eigenvalue weighted by Crippen LogP contribution is 2.30. The number of imidazole rings is 1. The van der Waals surface area contributed by atoms with Gasteiger partial charge in [0.2, 0.25) is 17.2 Å². The van der Waals surface area contributed by atoms with Crippen LogP contribution in [-0.4, -0.2) is 42.1 Å². The zero-order valence-corrected chi connectivity index (χ0v) is 13.9. The molecule has 0 unspecified atom stereocenters. The van der Waals surface area contributed by atoms with E-state index in [1.54, 1.807) is 23.3 Å². The van der Waals surface area contributed by atoms with Gasteiger partial charge in [-0.2, -0.15) is 26.7 Å². The van der Waals surface area contributed by atoms with Gasteiger partial charge >= 0.3 is 0 Å². The summed E-state index contributed by atoms with van der Waals surface area (Å²) >= 11 is 7.84. The molecule has 0 saturated heterocycles. The Balaban J connectivity index is 2.17. The summed E-state index contributed by atoms with van der Waals surface area (Å²) in [6.07, 6.45) is 9.33. The molecular weight excluding hydrogens is 308 g/mol. The average Bonchev–Trinajstić information content (AvgIpc) is 3.03. The molecule has 0 spiro atoms. The Bertz CT molecular complexity index is 562. The minimum Gasteiger partial charge on any atom is -0.353 e. The summed E-state index contributed by atoms with van der Waals surface area (Å²) in [5.74, 6) is 0.941. The molecule has 0 bridgehead atoms. The molecule has 0 aliphatic rings. The van der Waals surface area contributed by atoms with Crippen LogP contribution in [0.5, 0.6) is 0 Å². The zero-order valence-electron chi connectivity index (χ0n) is 12.4. The largest absolute Gasteiger partial charge is 0.353 e. The summed E-state index contributed by atoms with van der Waals surface area (Å²) in [7, 11) is 0. The monoisotopic (exact) mass is 326 g/mol. The van der Waals surface area contributed by atoms with Gasteiger partial charge in [-0.05, 0) is 30.7 Å². The minimum absolute atomic E-state index is 0.166. The van der Waals surface area contributed by atoms with Crippen LogP contribution in [0.1, 0.15) is 26.7 Å². The first kappa shape index (κ1) is 16.0. The SMILES string of the molecule is CCC(CC)(CNc1nc(Cl)nc(-n2ccnc2)n1)SC. The topological polar surface area (TPSA) is 68.5 Å². The molecule has 114 valence electrons. The first-order chi connectivity index (χ1) is 10.1. The molecule has 2 heterocycles. The van der Waals surface area contributed by atoms with Crippen LogP contribution < -0.4 is 5.32 Å². The number of nitrogens with zero attached hydrogens (tertiary/aromatic N) is 5. The summed E-state index contributed by atoms with van der Waals surface area (Å²) in [6, 6.07) is 0. The van der Waals surface area contributed by atoms with E-state index in [-0.39, 0.29) is 10.0 Å². The Morgan fingerprint density at radius 3 is 2.62 bits per heavy atom. The van der Waals surface area contributed by atoms with Gasteiger partial charge in [0.25, 0.3) is 0 Å². The predicted octanol–water partition coefficient (Wildman–Crippen LogP) is 3.04. The molecule has 2 rings (SSSR count). The van der Waals surface area contributed by atoms with E-state index in [1.807, 2.05) is 11.8 Å². The Morgan fingerprint density at radius 2 is 2.05 bits per heavy atom. The van der Waals surface area contributed by atoms with Gasteiger partial charge in [-0.3, -0.25) is 4.57 Å². The maximum atomic E-state index is 5.98. The van der Waals surface area contributed by atoms with E-state index in [0.717, 1.165) is 19.4 Å². The standard InChI is InChI=1S/C13H19ClN6S/c1-4-13(5-2,21-3)8-16-11-17-10(14)18-12(19-11)20-7-6-15-9-20/h6-7,9H,4-5,8H2,1-3H3,(H,16,17,18,19). The van der Waals surface area contributed by atoms with E-state index in [9.17, 15) is 0 Å². The van der Waals surface area contributed by atoms with Gasteiger partial charge < -0.3 is 5.32 Å². The fraction of sp³-hybridized carbons (Fsp3) is 0.538. The van der Waals surface area contributed by atoms with Crippen LogP contribution in [0.25, 0.3) is 5.95 Å². The second-order valence-electron chi connectivity index (χ2n) is 4.65. The van der Waals surface area contributed by atoms with Crippen molar-refractivity contribution in [2.75, 3.05) is 18.1 Å². The van der Waals surface area contributed by atoms with E-state index in [4.69, 9.17) is 11.6 Å². The lowest BCUT2D eigenvalue weighted by Gasteiger charge is -2.29. The lowest BCUT2D eigenvalue weighted by molar-refractivity contribution is 0.572. The van der Waals surface area contributed by atoms with E-state index in [1.165, 1.54) is 0 Å². The maximum absolute atomic E-state index is 5.98. The Morgan fingerprint density at radius 1 is 1.29 bits per heavy atom. The number of thioether (sulfide) groups is 1. The molecule has 0 atom stereocenters. The van der Waals surface area contributed by atoms with Crippen LogP contribution in [0, 0.1) is 0 Å². The first-order valence-corrected chi connectivity index (χ1v) is 8.41. The van der Waals surface area contributed by atoms with Gasteiger partial charge in [-0.25, -0.2) is 4.98 Å². The lowest BCUT2D eigenvalue weighted by Crippen LogP contribution is -2.32. The molecule has 0 amide bonds. The molecule has 0 aromatic carbocycles. The highest BCUT2D eigenvalue weighted by Gasteiger charge is 2.25. The summed E-state index contributed by atoms with van der Waals surface area (Å²) < 4.78 is 1.87. The molecule has 6 nitrogen and oxygen atoms in total. The maximum Gasteiger partial charge on any atom is 0.241 e. The van der Waals surface area contributed by atoms with Crippen LogP contribution in [0.4, 0.5) is 5.95 Å². The Labute approximate surface area is 133 Å². The van der Waals surface area contributed by atoms with E-state index < -0.39 is 0 Å². The lowest BCUT2D eigenvalue weighted by atomic mass is 10.0. The third-order valence-corrected chi connectivity index (χ3v) is 5.38. The molecular formula is C13H19ClN6S. The summed E-state index contributed by atoms with van der Waals surface area (Å²) in [4.78, 5) is 16.6. The van der Waals surface area contributed by atoms with Gasteiger partial charge in [-0.15, -0.1) is 0 Å². The van der Waals surface area contributed by atoms with Crippen molar-refractivity contribution in [3.63, 3.8) is 0 Å². The molecule has 21 heavy (non-hydrogen) atoms. The smallest absolute Gasteiger partial charge is 0.241 e. The second-order valence-corrected chi connectivity index (χ2v) is 6.26. The fourth-order valence-corrected chi connectivity index (χ4v) is 2.96. The number of aromatic nitrogens is 5. The van der Waals surface area contributed by atoms with Crippen molar-refractivity contribution in [1.29, 1.82) is 0 Å². The number of hydrogen-bond acceptors (Lipinski definition) is 6. The van der Waals surface area contributed by atoms with Gasteiger partial charge in [0.05, 0.1) is 0 Å². The van der Waals surface area contributed by atoms with Crippen LogP contribution in [0.3, 0.4) is 0 Å². The van der Waals surface area contributed by atoms with E-state index in [0.29, 0.717) is 11.9 Å². The third-order valence-electron chi connectivity index (χ3n) is 3.62. The van der Waals surface area contributed by atoms with Gasteiger partial charge in [0.1, 0.15) is 6.33 Å². The van der Waals surface area contributed by atoms with Crippen molar-refractivity contribution in [3.8, 4) is 5.95 Å². The average molecular weight is 327 g/mol. The fourth-order valence-electron chi connectivity index (χ4n) is 2.01. The van der Waals surface area contributed by atoms with Crippen molar-refractivity contribution < 1.29 is 0 Å². The van der Waals surface area contributed by atoms with Crippen molar-refractivity contribution in [1.82, 2.24) is 24.5 Å².